The zero-order valence-corrected chi connectivity index (χ0v) is 15.6. The van der Waals surface area contributed by atoms with Crippen LogP contribution in [0.1, 0.15) is 17.0 Å². The van der Waals surface area contributed by atoms with E-state index >= 15 is 0 Å². The standard InChI is InChI=1S/C20H18N4O2S/c1-14-18(12-24-9-2-8-21-24)23-20(26-14)16-3-5-17(6-4-16)22-19(25)11-15-7-10-27-13-15/h2-10,13H,11-12H2,1H3,(H,22,25). The summed E-state index contributed by atoms with van der Waals surface area (Å²) in [7, 11) is 0. The molecule has 0 bridgehead atoms. The Balaban J connectivity index is 1.43. The van der Waals surface area contributed by atoms with Crippen LogP contribution in [0.15, 0.2) is 64.0 Å². The van der Waals surface area contributed by atoms with Gasteiger partial charge in [-0.3, -0.25) is 9.48 Å². The zero-order valence-electron chi connectivity index (χ0n) is 14.8. The maximum Gasteiger partial charge on any atom is 0.228 e. The molecule has 4 rings (SSSR count). The molecule has 3 heterocycles. The van der Waals surface area contributed by atoms with Gasteiger partial charge in [0.2, 0.25) is 11.8 Å². The molecule has 0 aliphatic heterocycles. The molecule has 3 aromatic heterocycles. The highest BCUT2D eigenvalue weighted by atomic mass is 32.1. The summed E-state index contributed by atoms with van der Waals surface area (Å²) in [6.45, 7) is 2.47. The highest BCUT2D eigenvalue weighted by molar-refractivity contribution is 7.08. The number of benzene rings is 1. The summed E-state index contributed by atoms with van der Waals surface area (Å²) in [6.07, 6.45) is 4.00. The minimum absolute atomic E-state index is 0.0328. The van der Waals surface area contributed by atoms with Gasteiger partial charge in [0.15, 0.2) is 0 Å². The van der Waals surface area contributed by atoms with E-state index in [1.165, 1.54) is 0 Å². The fraction of sp³-hybridized carbons (Fsp3) is 0.150. The fourth-order valence-electron chi connectivity index (χ4n) is 2.73. The van der Waals surface area contributed by atoms with Crippen molar-refractivity contribution in [3.8, 4) is 11.5 Å². The number of hydrogen-bond donors (Lipinski definition) is 1. The molecule has 7 heteroatoms. The normalized spacial score (nSPS) is 10.9. The van der Waals surface area contributed by atoms with Gasteiger partial charge in [0, 0.05) is 23.6 Å². The molecule has 27 heavy (non-hydrogen) atoms. The Morgan fingerprint density at radius 1 is 1.26 bits per heavy atom. The van der Waals surface area contributed by atoms with E-state index in [9.17, 15) is 4.79 Å². The third-order valence-electron chi connectivity index (χ3n) is 4.12. The molecule has 1 aromatic carbocycles. The Kier molecular flexibility index (Phi) is 4.84. The van der Waals surface area contributed by atoms with Crippen LogP contribution in [-0.2, 0) is 17.8 Å². The van der Waals surface area contributed by atoms with Crippen LogP contribution in [-0.4, -0.2) is 20.7 Å². The SMILES string of the molecule is Cc1oc(-c2ccc(NC(=O)Cc3ccsc3)cc2)nc1Cn1cccn1. The molecule has 0 radical (unpaired) electrons. The molecule has 0 unspecified atom stereocenters. The third kappa shape index (κ3) is 4.15. The molecule has 0 aliphatic carbocycles. The average Bonchev–Trinajstić information content (AvgIpc) is 3.40. The topological polar surface area (TPSA) is 73.0 Å². The van der Waals surface area contributed by atoms with Crippen LogP contribution in [0.3, 0.4) is 0 Å². The van der Waals surface area contributed by atoms with E-state index in [4.69, 9.17) is 4.42 Å². The van der Waals surface area contributed by atoms with Crippen molar-refractivity contribution in [2.75, 3.05) is 5.32 Å². The molecular weight excluding hydrogens is 360 g/mol. The number of amides is 1. The highest BCUT2D eigenvalue weighted by Gasteiger charge is 2.12. The number of nitrogens with zero attached hydrogens (tertiary/aromatic N) is 3. The minimum atomic E-state index is -0.0328. The summed E-state index contributed by atoms with van der Waals surface area (Å²) >= 11 is 1.59. The summed E-state index contributed by atoms with van der Waals surface area (Å²) in [5.74, 6) is 1.30. The number of rotatable bonds is 6. The molecule has 0 saturated carbocycles. The molecule has 6 nitrogen and oxygen atoms in total. The summed E-state index contributed by atoms with van der Waals surface area (Å²) in [5, 5.41) is 11.1. The van der Waals surface area contributed by atoms with Crippen molar-refractivity contribution in [3.63, 3.8) is 0 Å². The maximum absolute atomic E-state index is 12.1. The van der Waals surface area contributed by atoms with Crippen molar-refractivity contribution in [1.29, 1.82) is 0 Å². The molecular formula is C20H18N4O2S. The molecule has 0 fully saturated rings. The predicted molar refractivity (Wildman–Crippen MR) is 105 cm³/mol. The van der Waals surface area contributed by atoms with Gasteiger partial charge in [0.25, 0.3) is 0 Å². The fourth-order valence-corrected chi connectivity index (χ4v) is 3.39. The molecule has 136 valence electrons. The Morgan fingerprint density at radius 3 is 2.81 bits per heavy atom. The molecule has 4 aromatic rings. The second kappa shape index (κ2) is 7.59. The lowest BCUT2D eigenvalue weighted by molar-refractivity contribution is -0.115. The van der Waals surface area contributed by atoms with Crippen LogP contribution in [0.5, 0.6) is 0 Å². The van der Waals surface area contributed by atoms with Crippen molar-refractivity contribution in [2.45, 2.75) is 19.9 Å². The smallest absolute Gasteiger partial charge is 0.228 e. The lowest BCUT2D eigenvalue weighted by atomic mass is 10.2. The maximum atomic E-state index is 12.1. The number of oxazole rings is 1. The number of carbonyl (C=O) groups excluding carboxylic acids is 1. The van der Waals surface area contributed by atoms with Crippen LogP contribution in [0.4, 0.5) is 5.69 Å². The molecule has 0 atom stereocenters. The van der Waals surface area contributed by atoms with E-state index in [1.807, 2.05) is 60.3 Å². The van der Waals surface area contributed by atoms with Crippen molar-refractivity contribution >= 4 is 22.9 Å². The summed E-state index contributed by atoms with van der Waals surface area (Å²) in [6, 6.07) is 11.3. The largest absolute Gasteiger partial charge is 0.441 e. The van der Waals surface area contributed by atoms with Crippen molar-refractivity contribution < 1.29 is 9.21 Å². The van der Waals surface area contributed by atoms with Crippen molar-refractivity contribution in [3.05, 3.63) is 76.6 Å². The van der Waals surface area contributed by atoms with E-state index in [0.717, 1.165) is 28.3 Å². The quantitative estimate of drug-likeness (QED) is 0.547. The first-order valence-electron chi connectivity index (χ1n) is 8.52. The minimum Gasteiger partial charge on any atom is -0.441 e. The average molecular weight is 378 g/mol. The Labute approximate surface area is 160 Å². The van der Waals surface area contributed by atoms with Gasteiger partial charge in [-0.2, -0.15) is 16.4 Å². The van der Waals surface area contributed by atoms with Crippen LogP contribution in [0.25, 0.3) is 11.5 Å². The van der Waals surface area contributed by atoms with Gasteiger partial charge < -0.3 is 9.73 Å². The number of aryl methyl sites for hydroxylation is 1. The number of anilines is 1. The second-order valence-corrected chi connectivity index (χ2v) is 6.94. The first-order valence-corrected chi connectivity index (χ1v) is 9.47. The van der Waals surface area contributed by atoms with Gasteiger partial charge in [-0.05, 0) is 59.6 Å². The van der Waals surface area contributed by atoms with Gasteiger partial charge in [-0.1, -0.05) is 0 Å². The van der Waals surface area contributed by atoms with Crippen LogP contribution in [0, 0.1) is 6.92 Å². The zero-order chi connectivity index (χ0) is 18.6. The van der Waals surface area contributed by atoms with E-state index in [2.05, 4.69) is 15.4 Å². The first-order chi connectivity index (χ1) is 13.2. The van der Waals surface area contributed by atoms with Crippen LogP contribution >= 0.6 is 11.3 Å². The number of nitrogens with one attached hydrogen (secondary N) is 1. The first kappa shape index (κ1) is 17.2. The van der Waals surface area contributed by atoms with Gasteiger partial charge >= 0.3 is 0 Å². The predicted octanol–water partition coefficient (Wildman–Crippen LogP) is 4.14. The second-order valence-electron chi connectivity index (χ2n) is 6.16. The van der Waals surface area contributed by atoms with Gasteiger partial charge in [0.1, 0.15) is 11.5 Å². The lowest BCUT2D eigenvalue weighted by Gasteiger charge is -2.05. The molecule has 0 aliphatic rings. The van der Waals surface area contributed by atoms with E-state index in [1.54, 1.807) is 22.2 Å². The summed E-state index contributed by atoms with van der Waals surface area (Å²) in [5.41, 5.74) is 3.48. The Hall–Kier alpha value is -3.19. The van der Waals surface area contributed by atoms with E-state index in [0.29, 0.717) is 18.9 Å². The number of carbonyl (C=O) groups is 1. The highest BCUT2D eigenvalue weighted by Crippen LogP contribution is 2.24. The summed E-state index contributed by atoms with van der Waals surface area (Å²) in [4.78, 5) is 16.7. The monoisotopic (exact) mass is 378 g/mol. The van der Waals surface area contributed by atoms with E-state index in [-0.39, 0.29) is 5.91 Å². The Morgan fingerprint density at radius 2 is 2.11 bits per heavy atom. The van der Waals surface area contributed by atoms with Crippen molar-refractivity contribution in [2.24, 2.45) is 0 Å². The number of thiophene rings is 1. The van der Waals surface area contributed by atoms with Crippen LogP contribution < -0.4 is 5.32 Å². The molecule has 1 N–H and O–H groups in total. The van der Waals surface area contributed by atoms with Gasteiger partial charge in [-0.25, -0.2) is 4.98 Å². The molecule has 0 spiro atoms. The van der Waals surface area contributed by atoms with Gasteiger partial charge in [0.05, 0.1) is 13.0 Å². The molecule has 1 amide bonds. The number of hydrogen-bond acceptors (Lipinski definition) is 5. The summed E-state index contributed by atoms with van der Waals surface area (Å²) < 4.78 is 7.61. The van der Waals surface area contributed by atoms with Gasteiger partial charge in [-0.15, -0.1) is 0 Å². The van der Waals surface area contributed by atoms with E-state index < -0.39 is 0 Å². The van der Waals surface area contributed by atoms with Crippen molar-refractivity contribution in [1.82, 2.24) is 14.8 Å². The van der Waals surface area contributed by atoms with Crippen LogP contribution in [0.2, 0.25) is 0 Å². The third-order valence-corrected chi connectivity index (χ3v) is 4.86. The Bertz CT molecular complexity index is 1020. The number of aromatic nitrogens is 3. The lowest BCUT2D eigenvalue weighted by Crippen LogP contribution is -2.13. The molecule has 0 saturated heterocycles.